The Balaban J connectivity index is 2.15. The Morgan fingerprint density at radius 3 is 2.00 bits per heavy atom. The van der Waals surface area contributed by atoms with E-state index < -0.39 is 5.97 Å². The lowest BCUT2D eigenvalue weighted by atomic mass is 10.2. The van der Waals surface area contributed by atoms with Gasteiger partial charge in [-0.2, -0.15) is 0 Å². The predicted molar refractivity (Wildman–Crippen MR) is 98.4 cm³/mol. The molecule has 0 fully saturated rings. The molecule has 1 amide bonds. The van der Waals surface area contributed by atoms with Gasteiger partial charge in [0.25, 0.3) is 0 Å². The highest BCUT2D eigenvalue weighted by molar-refractivity contribution is 5.84. The van der Waals surface area contributed by atoms with E-state index in [4.69, 9.17) is 0 Å². The van der Waals surface area contributed by atoms with Crippen molar-refractivity contribution in [1.29, 1.82) is 0 Å². The second-order valence-corrected chi connectivity index (χ2v) is 6.19. The van der Waals surface area contributed by atoms with E-state index >= 15 is 0 Å². The van der Waals surface area contributed by atoms with Gasteiger partial charge >= 0.3 is 5.97 Å². The highest BCUT2D eigenvalue weighted by Gasteiger charge is 2.21. The molecule has 5 nitrogen and oxygen atoms in total. The van der Waals surface area contributed by atoms with Crippen LogP contribution in [0.1, 0.15) is 19.4 Å². The second kappa shape index (κ2) is 8.87. The van der Waals surface area contributed by atoms with E-state index in [1.807, 2.05) is 74.5 Å². The van der Waals surface area contributed by atoms with Gasteiger partial charge in [-0.25, -0.2) is 0 Å². The third-order valence-electron chi connectivity index (χ3n) is 3.91. The second-order valence-electron chi connectivity index (χ2n) is 6.19. The smallest absolute Gasteiger partial charge is 0.323 e. The third kappa shape index (κ3) is 5.64. The first-order chi connectivity index (χ1) is 12.0. The van der Waals surface area contributed by atoms with Gasteiger partial charge in [0.05, 0.1) is 6.54 Å². The van der Waals surface area contributed by atoms with Crippen LogP contribution in [0.3, 0.4) is 0 Å². The Morgan fingerprint density at radius 1 is 0.920 bits per heavy atom. The fourth-order valence-corrected chi connectivity index (χ4v) is 2.63. The molecule has 0 bridgehead atoms. The number of hydrogen-bond donors (Lipinski definition) is 1. The van der Waals surface area contributed by atoms with Crippen LogP contribution in [0.15, 0.2) is 60.7 Å². The molecule has 0 atom stereocenters. The van der Waals surface area contributed by atoms with Crippen molar-refractivity contribution < 1.29 is 14.7 Å². The summed E-state index contributed by atoms with van der Waals surface area (Å²) in [5.74, 6) is -1.06. The van der Waals surface area contributed by atoms with Crippen molar-refractivity contribution in [2.24, 2.45) is 0 Å². The molecule has 0 aliphatic carbocycles. The van der Waals surface area contributed by atoms with Gasteiger partial charge in [-0.3, -0.25) is 9.59 Å². The standard InChI is InChI=1S/C20H24N2O3/c1-16(2)22(13-17-9-5-3-6-10-17)19(23)14-21(15-20(24)25)18-11-7-4-8-12-18/h3-12,16H,13-15H2,1-2H3,(H,24,25). The number of rotatable bonds is 8. The van der Waals surface area contributed by atoms with Crippen molar-refractivity contribution in [3.05, 3.63) is 66.2 Å². The lowest BCUT2D eigenvalue weighted by Gasteiger charge is -2.30. The number of amides is 1. The van der Waals surface area contributed by atoms with Crippen LogP contribution in [0.4, 0.5) is 5.69 Å². The van der Waals surface area contributed by atoms with Gasteiger partial charge in [0.1, 0.15) is 6.54 Å². The van der Waals surface area contributed by atoms with Crippen LogP contribution in [0.25, 0.3) is 0 Å². The molecular formula is C20H24N2O3. The van der Waals surface area contributed by atoms with E-state index in [0.717, 1.165) is 11.3 Å². The quantitative estimate of drug-likeness (QED) is 0.802. The van der Waals surface area contributed by atoms with E-state index in [0.29, 0.717) is 6.54 Å². The van der Waals surface area contributed by atoms with Gasteiger partial charge in [0, 0.05) is 18.3 Å². The summed E-state index contributed by atoms with van der Waals surface area (Å²) in [6.07, 6.45) is 0. The fourth-order valence-electron chi connectivity index (χ4n) is 2.63. The van der Waals surface area contributed by atoms with Crippen molar-refractivity contribution in [3.63, 3.8) is 0 Å². The van der Waals surface area contributed by atoms with Gasteiger partial charge in [-0.15, -0.1) is 0 Å². The zero-order valence-electron chi connectivity index (χ0n) is 14.6. The number of carbonyl (C=O) groups is 2. The minimum absolute atomic E-state index is 0.0233. The van der Waals surface area contributed by atoms with E-state index in [-0.39, 0.29) is 25.0 Å². The number of carboxylic acids is 1. The normalized spacial score (nSPS) is 10.5. The minimum Gasteiger partial charge on any atom is -0.480 e. The topological polar surface area (TPSA) is 60.9 Å². The number of hydrogen-bond acceptors (Lipinski definition) is 3. The van der Waals surface area contributed by atoms with Gasteiger partial charge < -0.3 is 14.9 Å². The Bertz CT molecular complexity index is 687. The fraction of sp³-hybridized carbons (Fsp3) is 0.300. The SMILES string of the molecule is CC(C)N(Cc1ccccc1)C(=O)CN(CC(=O)O)c1ccccc1. The molecule has 5 heteroatoms. The first-order valence-corrected chi connectivity index (χ1v) is 8.32. The van der Waals surface area contributed by atoms with Crippen LogP contribution in [-0.2, 0) is 16.1 Å². The van der Waals surface area contributed by atoms with Crippen molar-refractivity contribution in [2.75, 3.05) is 18.0 Å². The van der Waals surface area contributed by atoms with Crippen molar-refractivity contribution in [3.8, 4) is 0 Å². The number of nitrogens with zero attached hydrogens (tertiary/aromatic N) is 2. The molecule has 0 radical (unpaired) electrons. The number of aliphatic carboxylic acids is 1. The summed E-state index contributed by atoms with van der Waals surface area (Å²) >= 11 is 0. The lowest BCUT2D eigenvalue weighted by molar-refractivity contribution is -0.135. The molecule has 2 rings (SSSR count). The Kier molecular flexibility index (Phi) is 6.57. The van der Waals surface area contributed by atoms with Gasteiger partial charge in [-0.05, 0) is 31.5 Å². The summed E-state index contributed by atoms with van der Waals surface area (Å²) in [5.41, 5.74) is 1.77. The third-order valence-corrected chi connectivity index (χ3v) is 3.91. The largest absolute Gasteiger partial charge is 0.480 e. The average Bonchev–Trinajstić information content (AvgIpc) is 2.60. The number of benzene rings is 2. The summed E-state index contributed by atoms with van der Waals surface area (Å²) in [7, 11) is 0. The van der Waals surface area contributed by atoms with Gasteiger partial charge in [0.2, 0.25) is 5.91 Å². The van der Waals surface area contributed by atoms with E-state index in [2.05, 4.69) is 0 Å². The van der Waals surface area contributed by atoms with Gasteiger partial charge in [-0.1, -0.05) is 48.5 Å². The van der Waals surface area contributed by atoms with Crippen molar-refractivity contribution in [2.45, 2.75) is 26.4 Å². The molecule has 0 saturated carbocycles. The monoisotopic (exact) mass is 340 g/mol. The zero-order valence-corrected chi connectivity index (χ0v) is 14.6. The summed E-state index contributed by atoms with van der Waals surface area (Å²) < 4.78 is 0. The van der Waals surface area contributed by atoms with Crippen molar-refractivity contribution >= 4 is 17.6 Å². The number of carboxylic acid groups (broad SMARTS) is 1. The number of anilines is 1. The van der Waals surface area contributed by atoms with E-state index in [9.17, 15) is 14.7 Å². The van der Waals surface area contributed by atoms with Crippen LogP contribution in [0, 0.1) is 0 Å². The number of para-hydroxylation sites is 1. The van der Waals surface area contributed by atoms with Crippen LogP contribution in [-0.4, -0.2) is 41.0 Å². The summed E-state index contributed by atoms with van der Waals surface area (Å²) in [6, 6.07) is 19.0. The van der Waals surface area contributed by atoms with Crippen LogP contribution in [0.5, 0.6) is 0 Å². The molecule has 2 aromatic carbocycles. The average molecular weight is 340 g/mol. The molecule has 132 valence electrons. The molecule has 1 N–H and O–H groups in total. The first kappa shape index (κ1) is 18.5. The molecule has 0 aromatic heterocycles. The van der Waals surface area contributed by atoms with Crippen LogP contribution < -0.4 is 4.90 Å². The number of carbonyl (C=O) groups excluding carboxylic acids is 1. The minimum atomic E-state index is -0.962. The van der Waals surface area contributed by atoms with E-state index in [1.165, 1.54) is 0 Å². The lowest BCUT2D eigenvalue weighted by Crippen LogP contribution is -2.44. The molecule has 2 aromatic rings. The Labute approximate surface area is 148 Å². The molecule has 0 saturated heterocycles. The Morgan fingerprint density at radius 2 is 1.48 bits per heavy atom. The van der Waals surface area contributed by atoms with Crippen LogP contribution in [0.2, 0.25) is 0 Å². The summed E-state index contributed by atoms with van der Waals surface area (Å²) in [5, 5.41) is 9.17. The Hall–Kier alpha value is -2.82. The highest BCUT2D eigenvalue weighted by Crippen LogP contribution is 2.15. The highest BCUT2D eigenvalue weighted by atomic mass is 16.4. The maximum atomic E-state index is 12.8. The molecule has 0 aliphatic heterocycles. The van der Waals surface area contributed by atoms with Crippen LogP contribution >= 0.6 is 0 Å². The van der Waals surface area contributed by atoms with Gasteiger partial charge in [0.15, 0.2) is 0 Å². The molecule has 0 unspecified atom stereocenters. The predicted octanol–water partition coefficient (Wildman–Crippen LogP) is 3.01. The molecule has 0 spiro atoms. The zero-order chi connectivity index (χ0) is 18.2. The van der Waals surface area contributed by atoms with E-state index in [1.54, 1.807) is 9.80 Å². The molecule has 0 aliphatic rings. The summed E-state index contributed by atoms with van der Waals surface area (Å²) in [4.78, 5) is 27.4. The molecular weight excluding hydrogens is 316 g/mol. The summed E-state index contributed by atoms with van der Waals surface area (Å²) in [6.45, 7) is 4.25. The molecule has 0 heterocycles. The van der Waals surface area contributed by atoms with Crippen molar-refractivity contribution in [1.82, 2.24) is 4.90 Å². The maximum absolute atomic E-state index is 12.8. The maximum Gasteiger partial charge on any atom is 0.323 e. The molecule has 25 heavy (non-hydrogen) atoms. The first-order valence-electron chi connectivity index (χ1n) is 8.32.